The molecule has 3 aromatic heterocycles. The highest BCUT2D eigenvalue weighted by Gasteiger charge is 2.08. The van der Waals surface area contributed by atoms with E-state index < -0.39 is 0 Å². The normalized spacial score (nSPS) is 10.7. The lowest BCUT2D eigenvalue weighted by Crippen LogP contribution is -2.08. The number of benzene rings is 1. The number of carbonyl (C=O) groups excluding carboxylic acids is 1. The molecular weight excluding hydrogens is 316 g/mol. The Labute approximate surface area is 142 Å². The molecule has 0 atom stereocenters. The van der Waals surface area contributed by atoms with Crippen LogP contribution in [0, 0.1) is 0 Å². The van der Waals surface area contributed by atoms with E-state index >= 15 is 0 Å². The highest BCUT2D eigenvalue weighted by atomic mass is 16.1. The van der Waals surface area contributed by atoms with E-state index in [1.165, 1.54) is 12.4 Å². The summed E-state index contributed by atoms with van der Waals surface area (Å²) in [7, 11) is 0. The van der Waals surface area contributed by atoms with E-state index in [0.717, 1.165) is 22.0 Å². The molecule has 25 heavy (non-hydrogen) atoms. The van der Waals surface area contributed by atoms with Gasteiger partial charge in [-0.15, -0.1) is 0 Å². The molecule has 4 rings (SSSR count). The zero-order valence-electron chi connectivity index (χ0n) is 13.2. The van der Waals surface area contributed by atoms with Crippen LogP contribution in [0.15, 0.2) is 61.7 Å². The van der Waals surface area contributed by atoms with E-state index in [1.807, 2.05) is 30.5 Å². The standard InChI is InChI=1S/C18H14N6O/c1-2-17(25)24-16-8-13-15(9-20-16)21-10-22-18(13)23-12-3-4-14-11(7-12)5-6-19-14/h2-10,19H,1H2,(H,20,24,25)(H,21,22,23). The summed E-state index contributed by atoms with van der Waals surface area (Å²) in [6.45, 7) is 3.43. The summed E-state index contributed by atoms with van der Waals surface area (Å²) in [6, 6.07) is 9.73. The maximum Gasteiger partial charge on any atom is 0.248 e. The Morgan fingerprint density at radius 1 is 1.16 bits per heavy atom. The number of nitrogens with one attached hydrogen (secondary N) is 3. The van der Waals surface area contributed by atoms with Gasteiger partial charge in [-0.2, -0.15) is 0 Å². The number of pyridine rings is 1. The van der Waals surface area contributed by atoms with Crippen molar-refractivity contribution in [3.63, 3.8) is 0 Å². The van der Waals surface area contributed by atoms with Crippen molar-refractivity contribution < 1.29 is 4.79 Å². The van der Waals surface area contributed by atoms with Crippen molar-refractivity contribution in [3.8, 4) is 0 Å². The molecule has 122 valence electrons. The fourth-order valence-electron chi connectivity index (χ4n) is 2.57. The average molecular weight is 330 g/mol. The molecule has 0 spiro atoms. The van der Waals surface area contributed by atoms with E-state index in [9.17, 15) is 4.79 Å². The number of nitrogens with zero attached hydrogens (tertiary/aromatic N) is 3. The second-order valence-corrected chi connectivity index (χ2v) is 5.41. The molecule has 0 aliphatic heterocycles. The Morgan fingerprint density at radius 3 is 2.96 bits per heavy atom. The Bertz CT molecular complexity index is 1100. The molecule has 1 amide bonds. The van der Waals surface area contributed by atoms with Crippen LogP contribution < -0.4 is 10.6 Å². The topological polar surface area (TPSA) is 95.6 Å². The summed E-state index contributed by atoms with van der Waals surface area (Å²) >= 11 is 0. The third-order valence-corrected chi connectivity index (χ3v) is 3.77. The number of amides is 1. The lowest BCUT2D eigenvalue weighted by molar-refractivity contribution is -0.111. The number of carbonyl (C=O) groups is 1. The van der Waals surface area contributed by atoms with Crippen LogP contribution in [0.4, 0.5) is 17.3 Å². The maximum absolute atomic E-state index is 11.5. The van der Waals surface area contributed by atoms with Gasteiger partial charge in [0.25, 0.3) is 0 Å². The van der Waals surface area contributed by atoms with Gasteiger partial charge in [0.1, 0.15) is 18.0 Å². The Morgan fingerprint density at radius 2 is 2.08 bits per heavy atom. The minimum Gasteiger partial charge on any atom is -0.361 e. The van der Waals surface area contributed by atoms with E-state index in [1.54, 1.807) is 12.3 Å². The van der Waals surface area contributed by atoms with Gasteiger partial charge in [-0.1, -0.05) is 6.58 Å². The summed E-state index contributed by atoms with van der Waals surface area (Å²) < 4.78 is 0. The van der Waals surface area contributed by atoms with Crippen molar-refractivity contribution in [2.45, 2.75) is 0 Å². The highest BCUT2D eigenvalue weighted by molar-refractivity contribution is 6.00. The molecule has 0 saturated heterocycles. The number of aromatic nitrogens is 4. The van der Waals surface area contributed by atoms with Gasteiger partial charge in [0.05, 0.1) is 11.7 Å². The molecule has 0 aliphatic rings. The second kappa shape index (κ2) is 6.04. The van der Waals surface area contributed by atoms with Crippen molar-refractivity contribution in [2.24, 2.45) is 0 Å². The molecule has 1 aromatic carbocycles. The molecular formula is C18H14N6O. The van der Waals surface area contributed by atoms with Gasteiger partial charge in [0, 0.05) is 28.2 Å². The van der Waals surface area contributed by atoms with E-state index in [0.29, 0.717) is 17.2 Å². The highest BCUT2D eigenvalue weighted by Crippen LogP contribution is 2.26. The molecule has 0 aliphatic carbocycles. The monoisotopic (exact) mass is 330 g/mol. The molecule has 0 bridgehead atoms. The molecule has 7 heteroatoms. The smallest absolute Gasteiger partial charge is 0.248 e. The third-order valence-electron chi connectivity index (χ3n) is 3.77. The average Bonchev–Trinajstić information content (AvgIpc) is 3.10. The SMILES string of the molecule is C=CC(=O)Nc1cc2c(Nc3ccc4[nH]ccc4c3)ncnc2cn1. The Hall–Kier alpha value is -3.74. The third kappa shape index (κ3) is 2.90. The second-order valence-electron chi connectivity index (χ2n) is 5.41. The summed E-state index contributed by atoms with van der Waals surface area (Å²) in [6.07, 6.45) is 6.16. The van der Waals surface area contributed by atoms with Crippen LogP contribution in [0.25, 0.3) is 21.8 Å². The predicted octanol–water partition coefficient (Wildman–Crippen LogP) is 3.37. The molecule has 0 fully saturated rings. The first-order chi connectivity index (χ1) is 12.2. The molecule has 0 saturated carbocycles. The van der Waals surface area contributed by atoms with Gasteiger partial charge in [0.15, 0.2) is 0 Å². The molecule has 0 unspecified atom stereocenters. The number of fused-ring (bicyclic) bond motifs is 2. The number of rotatable bonds is 4. The van der Waals surface area contributed by atoms with Crippen LogP contribution >= 0.6 is 0 Å². The largest absolute Gasteiger partial charge is 0.361 e. The Kier molecular flexibility index (Phi) is 3.59. The van der Waals surface area contributed by atoms with Gasteiger partial charge in [0.2, 0.25) is 5.91 Å². The van der Waals surface area contributed by atoms with Crippen molar-refractivity contribution in [1.29, 1.82) is 0 Å². The van der Waals surface area contributed by atoms with Crippen molar-refractivity contribution in [2.75, 3.05) is 10.6 Å². The van der Waals surface area contributed by atoms with Crippen LogP contribution in [0.5, 0.6) is 0 Å². The molecule has 4 aromatic rings. The number of anilines is 3. The molecule has 7 nitrogen and oxygen atoms in total. The Balaban J connectivity index is 1.73. The van der Waals surface area contributed by atoms with Gasteiger partial charge in [-0.3, -0.25) is 4.79 Å². The lowest BCUT2D eigenvalue weighted by Gasteiger charge is -2.09. The maximum atomic E-state index is 11.5. The van der Waals surface area contributed by atoms with Crippen molar-refractivity contribution in [1.82, 2.24) is 19.9 Å². The summed E-state index contributed by atoms with van der Waals surface area (Å²) in [5.74, 6) is 0.726. The van der Waals surface area contributed by atoms with Crippen LogP contribution in [0.3, 0.4) is 0 Å². The van der Waals surface area contributed by atoms with Crippen LogP contribution in [-0.4, -0.2) is 25.8 Å². The first kappa shape index (κ1) is 14.8. The number of H-pyrrole nitrogens is 1. The van der Waals surface area contributed by atoms with Gasteiger partial charge in [-0.25, -0.2) is 15.0 Å². The van der Waals surface area contributed by atoms with Gasteiger partial charge in [-0.05, 0) is 36.4 Å². The lowest BCUT2D eigenvalue weighted by atomic mass is 10.2. The first-order valence-electron chi connectivity index (χ1n) is 7.61. The minimum atomic E-state index is -0.323. The van der Waals surface area contributed by atoms with E-state index in [2.05, 4.69) is 37.1 Å². The molecule has 3 heterocycles. The molecule has 0 radical (unpaired) electrons. The summed E-state index contributed by atoms with van der Waals surface area (Å²) in [4.78, 5) is 27.3. The quantitative estimate of drug-likeness (QED) is 0.499. The predicted molar refractivity (Wildman–Crippen MR) is 97.7 cm³/mol. The number of hydrogen-bond acceptors (Lipinski definition) is 5. The zero-order chi connectivity index (χ0) is 17.2. The first-order valence-corrected chi connectivity index (χ1v) is 7.61. The van der Waals surface area contributed by atoms with Gasteiger partial charge >= 0.3 is 0 Å². The van der Waals surface area contributed by atoms with Crippen molar-refractivity contribution in [3.05, 3.63) is 61.7 Å². The fraction of sp³-hybridized carbons (Fsp3) is 0. The zero-order valence-corrected chi connectivity index (χ0v) is 13.2. The van der Waals surface area contributed by atoms with E-state index in [-0.39, 0.29) is 5.91 Å². The summed E-state index contributed by atoms with van der Waals surface area (Å²) in [5, 5.41) is 7.79. The summed E-state index contributed by atoms with van der Waals surface area (Å²) in [5.41, 5.74) is 2.65. The molecule has 3 N–H and O–H groups in total. The van der Waals surface area contributed by atoms with Crippen LogP contribution in [-0.2, 0) is 4.79 Å². The number of aromatic amines is 1. The van der Waals surface area contributed by atoms with Crippen molar-refractivity contribution >= 4 is 45.0 Å². The van der Waals surface area contributed by atoms with Crippen LogP contribution in [0.1, 0.15) is 0 Å². The number of hydrogen-bond donors (Lipinski definition) is 3. The fourth-order valence-corrected chi connectivity index (χ4v) is 2.57. The van der Waals surface area contributed by atoms with Crippen LogP contribution in [0.2, 0.25) is 0 Å². The van der Waals surface area contributed by atoms with Gasteiger partial charge < -0.3 is 15.6 Å². The minimum absolute atomic E-state index is 0.323. The van der Waals surface area contributed by atoms with E-state index in [4.69, 9.17) is 0 Å².